The van der Waals surface area contributed by atoms with Crippen LogP contribution < -0.4 is 10.6 Å². The van der Waals surface area contributed by atoms with Gasteiger partial charge >= 0.3 is 5.97 Å². The Labute approximate surface area is 171 Å². The van der Waals surface area contributed by atoms with E-state index in [2.05, 4.69) is 10.6 Å². The van der Waals surface area contributed by atoms with E-state index in [1.54, 1.807) is 31.2 Å². The molecule has 0 heterocycles. The summed E-state index contributed by atoms with van der Waals surface area (Å²) in [5.74, 6) is -1.62. The average Bonchev–Trinajstić information content (AvgIpc) is 2.73. The van der Waals surface area contributed by atoms with Gasteiger partial charge in [0.25, 0.3) is 5.91 Å². The van der Waals surface area contributed by atoms with Crippen LogP contribution >= 0.6 is 0 Å². The molecule has 0 saturated carbocycles. The molecular formula is C23H28N2O4. The zero-order chi connectivity index (χ0) is 21.2. The standard InChI is InChI=1S/C23H28N2O4/c1-4-29-23(28)20(24-15-17-11-7-5-8-12-17)21(26)19(16(2)3)25-22(27)18-13-9-6-10-14-18/h5-14,16,19-20,24H,4,15H2,1-3H3,(H,25,27)/t19-,20?/m0/s1. The number of nitrogens with one attached hydrogen (secondary N) is 2. The van der Waals surface area contributed by atoms with Crippen molar-refractivity contribution in [3.63, 3.8) is 0 Å². The number of ketones is 1. The molecule has 29 heavy (non-hydrogen) atoms. The Morgan fingerprint density at radius 3 is 2.07 bits per heavy atom. The quantitative estimate of drug-likeness (QED) is 0.477. The van der Waals surface area contributed by atoms with Gasteiger partial charge in [-0.25, -0.2) is 4.79 Å². The van der Waals surface area contributed by atoms with E-state index in [4.69, 9.17) is 4.74 Å². The molecule has 0 bridgehead atoms. The predicted molar refractivity (Wildman–Crippen MR) is 111 cm³/mol. The SMILES string of the molecule is CCOC(=O)C(NCc1ccccc1)C(=O)[C@@H](NC(=O)c1ccccc1)C(C)C. The molecule has 1 amide bonds. The maximum absolute atomic E-state index is 13.2. The van der Waals surface area contributed by atoms with E-state index in [0.717, 1.165) is 5.56 Å². The number of hydrogen-bond acceptors (Lipinski definition) is 5. The Balaban J connectivity index is 2.17. The fourth-order valence-electron chi connectivity index (χ4n) is 2.90. The Morgan fingerprint density at radius 1 is 0.931 bits per heavy atom. The van der Waals surface area contributed by atoms with Crippen LogP contribution in [0.3, 0.4) is 0 Å². The third kappa shape index (κ3) is 6.54. The second-order valence-electron chi connectivity index (χ2n) is 7.02. The van der Waals surface area contributed by atoms with Crippen molar-refractivity contribution in [1.29, 1.82) is 0 Å². The number of hydrogen-bond donors (Lipinski definition) is 2. The highest BCUT2D eigenvalue weighted by Crippen LogP contribution is 2.10. The van der Waals surface area contributed by atoms with Gasteiger partial charge in [-0.3, -0.25) is 14.9 Å². The predicted octanol–water partition coefficient (Wildman–Crippen LogP) is 2.73. The number of Topliss-reactive ketones (excluding diaryl/α,β-unsaturated/α-hetero) is 1. The monoisotopic (exact) mass is 396 g/mol. The fraction of sp³-hybridized carbons (Fsp3) is 0.348. The van der Waals surface area contributed by atoms with Crippen LogP contribution in [0.4, 0.5) is 0 Å². The molecule has 2 N–H and O–H groups in total. The molecule has 2 aromatic carbocycles. The van der Waals surface area contributed by atoms with Gasteiger partial charge in [0.2, 0.25) is 0 Å². The highest BCUT2D eigenvalue weighted by molar-refractivity contribution is 6.08. The highest BCUT2D eigenvalue weighted by Gasteiger charge is 2.35. The third-order valence-corrected chi connectivity index (χ3v) is 4.46. The molecule has 0 aromatic heterocycles. The van der Waals surface area contributed by atoms with Gasteiger partial charge in [-0.15, -0.1) is 0 Å². The molecule has 6 heteroatoms. The van der Waals surface area contributed by atoms with Crippen molar-refractivity contribution in [1.82, 2.24) is 10.6 Å². The van der Waals surface area contributed by atoms with E-state index in [1.807, 2.05) is 50.2 Å². The molecule has 2 atom stereocenters. The van der Waals surface area contributed by atoms with Crippen LogP contribution in [0, 0.1) is 5.92 Å². The van der Waals surface area contributed by atoms with Gasteiger partial charge in [-0.1, -0.05) is 62.4 Å². The lowest BCUT2D eigenvalue weighted by Crippen LogP contribution is -2.55. The highest BCUT2D eigenvalue weighted by atomic mass is 16.5. The summed E-state index contributed by atoms with van der Waals surface area (Å²) in [6.45, 7) is 5.83. The number of carbonyl (C=O) groups excluding carboxylic acids is 3. The van der Waals surface area contributed by atoms with Crippen molar-refractivity contribution >= 4 is 17.7 Å². The second kappa shape index (κ2) is 11.1. The summed E-state index contributed by atoms with van der Waals surface area (Å²) in [6.07, 6.45) is 0. The number of ether oxygens (including phenoxy) is 1. The summed E-state index contributed by atoms with van der Waals surface area (Å²) >= 11 is 0. The molecule has 1 unspecified atom stereocenters. The number of carbonyl (C=O) groups is 3. The molecule has 2 aromatic rings. The molecule has 6 nitrogen and oxygen atoms in total. The molecule has 0 saturated heterocycles. The molecule has 0 aliphatic carbocycles. The van der Waals surface area contributed by atoms with Crippen molar-refractivity contribution in [2.45, 2.75) is 39.4 Å². The number of benzene rings is 2. The summed E-state index contributed by atoms with van der Waals surface area (Å²) < 4.78 is 5.10. The topological polar surface area (TPSA) is 84.5 Å². The summed E-state index contributed by atoms with van der Waals surface area (Å²) in [7, 11) is 0. The Hall–Kier alpha value is -2.99. The molecule has 154 valence electrons. The molecule has 0 aliphatic rings. The van der Waals surface area contributed by atoms with Crippen LogP contribution in [0.25, 0.3) is 0 Å². The number of rotatable bonds is 10. The van der Waals surface area contributed by atoms with Gasteiger partial charge in [0.1, 0.15) is 0 Å². The van der Waals surface area contributed by atoms with Crippen molar-refractivity contribution in [2.24, 2.45) is 5.92 Å². The first kappa shape index (κ1) is 22.3. The van der Waals surface area contributed by atoms with E-state index in [1.165, 1.54) is 0 Å². The number of esters is 1. The minimum Gasteiger partial charge on any atom is -0.464 e. The summed E-state index contributed by atoms with van der Waals surface area (Å²) in [4.78, 5) is 38.2. The van der Waals surface area contributed by atoms with Crippen LogP contribution in [-0.4, -0.2) is 36.4 Å². The van der Waals surface area contributed by atoms with E-state index in [-0.39, 0.29) is 18.4 Å². The molecule has 0 radical (unpaired) electrons. The molecule has 2 rings (SSSR count). The van der Waals surface area contributed by atoms with E-state index in [9.17, 15) is 14.4 Å². The summed E-state index contributed by atoms with van der Waals surface area (Å²) in [6, 6.07) is 16.1. The van der Waals surface area contributed by atoms with Gasteiger partial charge < -0.3 is 10.1 Å². The van der Waals surface area contributed by atoms with Gasteiger partial charge in [0, 0.05) is 12.1 Å². The fourth-order valence-corrected chi connectivity index (χ4v) is 2.90. The van der Waals surface area contributed by atoms with E-state index >= 15 is 0 Å². The summed E-state index contributed by atoms with van der Waals surface area (Å²) in [5.41, 5.74) is 1.39. The largest absolute Gasteiger partial charge is 0.464 e. The van der Waals surface area contributed by atoms with Gasteiger partial charge in [0.15, 0.2) is 11.8 Å². The smallest absolute Gasteiger partial charge is 0.330 e. The zero-order valence-electron chi connectivity index (χ0n) is 17.1. The van der Waals surface area contributed by atoms with Crippen LogP contribution in [-0.2, 0) is 20.9 Å². The van der Waals surface area contributed by atoms with Gasteiger partial charge in [0.05, 0.1) is 12.6 Å². The second-order valence-corrected chi connectivity index (χ2v) is 7.02. The normalized spacial score (nSPS) is 12.8. The molecule has 0 aliphatic heterocycles. The lowest BCUT2D eigenvalue weighted by Gasteiger charge is -2.26. The van der Waals surface area contributed by atoms with Crippen molar-refractivity contribution in [3.05, 3.63) is 71.8 Å². The molecule has 0 spiro atoms. The third-order valence-electron chi connectivity index (χ3n) is 4.46. The van der Waals surface area contributed by atoms with Gasteiger partial charge in [-0.2, -0.15) is 0 Å². The Kier molecular flexibility index (Phi) is 8.55. The first-order valence-electron chi connectivity index (χ1n) is 9.77. The number of amides is 1. The van der Waals surface area contributed by atoms with Crippen LogP contribution in [0.15, 0.2) is 60.7 Å². The maximum atomic E-state index is 13.2. The molecular weight excluding hydrogens is 368 g/mol. The van der Waals surface area contributed by atoms with Crippen LogP contribution in [0.1, 0.15) is 36.7 Å². The average molecular weight is 396 g/mol. The first-order chi connectivity index (χ1) is 13.9. The first-order valence-corrected chi connectivity index (χ1v) is 9.77. The Morgan fingerprint density at radius 2 is 1.52 bits per heavy atom. The van der Waals surface area contributed by atoms with Crippen molar-refractivity contribution < 1.29 is 19.1 Å². The minimum absolute atomic E-state index is 0.165. The maximum Gasteiger partial charge on any atom is 0.330 e. The zero-order valence-corrected chi connectivity index (χ0v) is 17.1. The minimum atomic E-state index is -1.17. The van der Waals surface area contributed by atoms with Gasteiger partial charge in [-0.05, 0) is 30.5 Å². The lowest BCUT2D eigenvalue weighted by molar-refractivity contribution is -0.149. The van der Waals surface area contributed by atoms with E-state index < -0.39 is 23.8 Å². The van der Waals surface area contributed by atoms with Crippen molar-refractivity contribution in [3.8, 4) is 0 Å². The lowest BCUT2D eigenvalue weighted by atomic mass is 9.94. The van der Waals surface area contributed by atoms with Crippen LogP contribution in [0.5, 0.6) is 0 Å². The van der Waals surface area contributed by atoms with E-state index in [0.29, 0.717) is 12.1 Å². The molecule has 0 fully saturated rings. The van der Waals surface area contributed by atoms with Crippen LogP contribution in [0.2, 0.25) is 0 Å². The Bertz CT molecular complexity index is 806. The van der Waals surface area contributed by atoms with Crippen molar-refractivity contribution in [2.75, 3.05) is 6.61 Å². The summed E-state index contributed by atoms with van der Waals surface area (Å²) in [5, 5.41) is 5.77.